The van der Waals surface area contributed by atoms with Gasteiger partial charge in [0.1, 0.15) is 72.1 Å². The van der Waals surface area contributed by atoms with Crippen LogP contribution in [0.1, 0.15) is 182 Å². The molecule has 592 valence electrons. The molecule has 30 heteroatoms. The van der Waals surface area contributed by atoms with Crippen molar-refractivity contribution in [2.45, 2.75) is 255 Å². The van der Waals surface area contributed by atoms with Gasteiger partial charge in [-0.3, -0.25) is 57.5 Å². The Morgan fingerprint density at radius 1 is 0.657 bits per heavy atom. The van der Waals surface area contributed by atoms with Gasteiger partial charge in [0.25, 0.3) is 0 Å². The number of hydrogen-bond acceptors (Lipinski definition) is 13. The van der Waals surface area contributed by atoms with Crippen LogP contribution in [-0.4, -0.2) is 283 Å². The van der Waals surface area contributed by atoms with Gasteiger partial charge in [0.2, 0.25) is 70.9 Å². The minimum absolute atomic E-state index is 0.0120. The molecule has 0 radical (unpaired) electrons. The Morgan fingerprint density at radius 2 is 1.29 bits per heavy atom. The van der Waals surface area contributed by atoms with Gasteiger partial charge in [0.05, 0.1) is 26.1 Å². The fourth-order valence-electron chi connectivity index (χ4n) is 17.0. The van der Waals surface area contributed by atoms with E-state index < -0.39 is 199 Å². The standard InChI is InChI=1S/C75H119F5N12O13/c1-14-35-105-44-58-65(96)82-63(47(5)15-2)71(102)86(9)43-61(95)87(10)54-25-17-16-22-34-91(70(54)101)57(39-48-28-26-45(3)27-29-48)69(100)85(8)42-59(93)81-53(31-30-49-37-51(76)62(52(77)38-49)75(78,79)80)67(98)92-41-46(4)36-55(92)66(97)83-74(32-20-21-33-74)73(104)90(13)64(50-23-18-19-24-50)72(103)89(12)56(68(99)84(6)7)40-60(94)88(58)11/h16-17,45-58,62-64H,14-15,18-44H2,1-13H3,(H,81,93)(H,82,96)(H,83,97)/b17-16-/t45?,46-,47+,48?,49?,51?,52?,53+,54+,55+,56+,57+,58+,62?,63+,64+/m1/s1. The fourth-order valence-corrected chi connectivity index (χ4v) is 17.0. The van der Waals surface area contributed by atoms with Crippen molar-refractivity contribution in [1.82, 2.24) is 60.0 Å². The predicted octanol–water partition coefficient (Wildman–Crippen LogP) is 5.81. The Bertz CT molecular complexity index is 3100. The van der Waals surface area contributed by atoms with Crippen molar-refractivity contribution in [3.05, 3.63) is 12.2 Å². The number of alkyl halides is 5. The first kappa shape index (κ1) is 85.2. The lowest BCUT2D eigenvalue weighted by molar-refractivity contribution is -0.219. The Balaban J connectivity index is 1.31. The van der Waals surface area contributed by atoms with E-state index in [2.05, 4.69) is 22.9 Å². The Kier molecular flexibility index (Phi) is 30.6. The van der Waals surface area contributed by atoms with E-state index in [-0.39, 0.29) is 83.1 Å². The maximum absolute atomic E-state index is 15.7. The highest BCUT2D eigenvalue weighted by atomic mass is 19.4. The maximum Gasteiger partial charge on any atom is 0.397 e. The van der Waals surface area contributed by atoms with Gasteiger partial charge in [0.15, 0.2) is 0 Å². The third-order valence-electron chi connectivity index (χ3n) is 23.8. The van der Waals surface area contributed by atoms with Gasteiger partial charge >= 0.3 is 6.18 Å². The second kappa shape index (κ2) is 37.7. The summed E-state index contributed by atoms with van der Waals surface area (Å²) < 4.78 is 78.7. The summed E-state index contributed by atoms with van der Waals surface area (Å²) in [5.41, 5.74) is -1.64. The number of likely N-dealkylation sites (N-methyl/N-ethyl adjacent to an activating group) is 7. The van der Waals surface area contributed by atoms with E-state index in [0.717, 1.165) is 45.3 Å². The molecular weight excluding hydrogens is 1370 g/mol. The van der Waals surface area contributed by atoms with Gasteiger partial charge in [-0.2, -0.15) is 13.2 Å². The lowest BCUT2D eigenvalue weighted by Crippen LogP contribution is -2.65. The van der Waals surface area contributed by atoms with Crippen molar-refractivity contribution in [2.24, 2.45) is 41.4 Å². The summed E-state index contributed by atoms with van der Waals surface area (Å²) in [5, 5.41) is 8.62. The second-order valence-electron chi connectivity index (χ2n) is 31.8. The van der Waals surface area contributed by atoms with Crippen LogP contribution in [0.2, 0.25) is 0 Å². The van der Waals surface area contributed by atoms with Crippen LogP contribution in [0.4, 0.5) is 22.0 Å². The topological polar surface area (TPSA) is 279 Å². The van der Waals surface area contributed by atoms with Crippen molar-refractivity contribution in [1.29, 1.82) is 0 Å². The number of ether oxygens (including phenoxy) is 1. The zero-order chi connectivity index (χ0) is 77.7. The quantitative estimate of drug-likeness (QED) is 0.112. The molecule has 3 aliphatic heterocycles. The average Bonchev–Trinajstić information content (AvgIpc) is 1.69. The van der Waals surface area contributed by atoms with Crippen molar-refractivity contribution in [3.8, 4) is 0 Å². The van der Waals surface area contributed by atoms with Gasteiger partial charge in [-0.1, -0.05) is 105 Å². The molecule has 6 fully saturated rings. The molecule has 0 aromatic heterocycles. The molecule has 12 amide bonds. The second-order valence-corrected chi connectivity index (χ2v) is 31.8. The van der Waals surface area contributed by atoms with Crippen molar-refractivity contribution < 1.29 is 84.2 Å². The monoisotopic (exact) mass is 1490 g/mol. The summed E-state index contributed by atoms with van der Waals surface area (Å²) in [6, 6.07) is -10.7. The Hall–Kier alpha value is -7.01. The summed E-state index contributed by atoms with van der Waals surface area (Å²) in [5.74, 6) is -13.4. The number of nitrogens with one attached hydrogen (secondary N) is 3. The molecule has 2 saturated heterocycles. The van der Waals surface area contributed by atoms with E-state index in [1.165, 1.54) is 80.9 Å². The first-order valence-corrected chi connectivity index (χ1v) is 38.3. The van der Waals surface area contributed by atoms with Crippen LogP contribution in [0.3, 0.4) is 0 Å². The maximum atomic E-state index is 15.7. The molecule has 12 atom stereocenters. The number of amides is 12. The van der Waals surface area contributed by atoms with Crippen LogP contribution in [0.5, 0.6) is 0 Å². The SMILES string of the molecule is CCCOC[C@H]1C(=O)N[C@@H]([C@@H](C)CC)C(=O)N(C)CC(=O)N(C)[C@H]2C/C=C\CCN(C2=O)[C@@H](CC2CCC(C)CC2)C(=O)N(C)CC(=O)N[C@@H](CCC2CC(F)C(C(F)(F)F)C(F)C2)C(=O)N2C[C@H](C)C[C@H]2C(=O)NC2(CCCC2)C(=O)N(C)[C@@H](C2CCCC2)C(=O)N(C)[C@H](C(=O)N(C)C)CC(=O)N1C. The third kappa shape index (κ3) is 21.0. The van der Waals surface area contributed by atoms with Crippen molar-refractivity contribution in [3.63, 3.8) is 0 Å². The minimum Gasteiger partial charge on any atom is -0.379 e. The van der Waals surface area contributed by atoms with Gasteiger partial charge in [-0.05, 0) is 119 Å². The van der Waals surface area contributed by atoms with Crippen LogP contribution < -0.4 is 16.0 Å². The molecule has 4 aliphatic carbocycles. The Morgan fingerprint density at radius 3 is 1.89 bits per heavy atom. The molecule has 0 aromatic rings. The molecule has 3 heterocycles. The average molecular weight is 1490 g/mol. The summed E-state index contributed by atoms with van der Waals surface area (Å²) in [6.45, 7) is 7.84. The van der Waals surface area contributed by atoms with Gasteiger partial charge < -0.3 is 64.8 Å². The molecule has 2 bridgehead atoms. The number of hydrogen-bond donors (Lipinski definition) is 3. The van der Waals surface area contributed by atoms with Gasteiger partial charge in [0, 0.05) is 76.1 Å². The molecule has 25 nitrogen and oxygen atoms in total. The van der Waals surface area contributed by atoms with E-state index in [9.17, 15) is 41.9 Å². The van der Waals surface area contributed by atoms with Gasteiger partial charge in [-0.25, -0.2) is 8.78 Å². The fraction of sp³-hybridized carbons (Fsp3) is 0.813. The van der Waals surface area contributed by atoms with E-state index in [0.29, 0.717) is 63.7 Å². The number of halogens is 5. The third-order valence-corrected chi connectivity index (χ3v) is 23.8. The van der Waals surface area contributed by atoms with Crippen LogP contribution in [-0.2, 0) is 62.3 Å². The first-order valence-electron chi connectivity index (χ1n) is 38.3. The van der Waals surface area contributed by atoms with Crippen molar-refractivity contribution >= 4 is 70.9 Å². The zero-order valence-electron chi connectivity index (χ0n) is 64.2. The largest absolute Gasteiger partial charge is 0.397 e. The van der Waals surface area contributed by atoms with E-state index in [1.54, 1.807) is 26.8 Å². The van der Waals surface area contributed by atoms with Crippen molar-refractivity contribution in [2.75, 3.05) is 95.8 Å². The number of rotatable bonds is 13. The normalized spacial score (nSPS) is 32.4. The van der Waals surface area contributed by atoms with E-state index >= 15 is 37.5 Å². The number of carbonyl (C=O) groups is 12. The summed E-state index contributed by atoms with van der Waals surface area (Å²) >= 11 is 0. The molecule has 2 unspecified atom stereocenters. The van der Waals surface area contributed by atoms with Gasteiger partial charge in [-0.15, -0.1) is 0 Å². The summed E-state index contributed by atoms with van der Waals surface area (Å²) in [7, 11) is 11.2. The van der Waals surface area contributed by atoms with Crippen LogP contribution in [0.15, 0.2) is 12.2 Å². The van der Waals surface area contributed by atoms with Crippen LogP contribution >= 0.6 is 0 Å². The highest BCUT2D eigenvalue weighted by molar-refractivity contribution is 6.01. The number of carbonyl (C=O) groups excluding carboxylic acids is 12. The Labute approximate surface area is 616 Å². The predicted molar refractivity (Wildman–Crippen MR) is 381 cm³/mol. The molecule has 7 aliphatic rings. The highest BCUT2D eigenvalue weighted by Crippen LogP contribution is 2.45. The highest BCUT2D eigenvalue weighted by Gasteiger charge is 2.55. The lowest BCUT2D eigenvalue weighted by atomic mass is 9.76. The van der Waals surface area contributed by atoms with Crippen LogP contribution in [0.25, 0.3) is 0 Å². The summed E-state index contributed by atoms with van der Waals surface area (Å²) in [4.78, 5) is 192. The first-order chi connectivity index (χ1) is 49.5. The molecule has 0 aromatic carbocycles. The van der Waals surface area contributed by atoms with E-state index in [4.69, 9.17) is 4.74 Å². The summed E-state index contributed by atoms with van der Waals surface area (Å²) in [6.07, 6.45) is -1.17. The van der Waals surface area contributed by atoms with E-state index in [1.807, 2.05) is 13.0 Å². The molecule has 105 heavy (non-hydrogen) atoms. The molecule has 7 rings (SSSR count). The molecular formula is C75H119F5N12O13. The number of fused-ring (bicyclic) bond motifs is 3. The zero-order valence-corrected chi connectivity index (χ0v) is 64.2. The molecule has 3 N–H and O–H groups in total. The molecule has 1 spiro atoms. The lowest BCUT2D eigenvalue weighted by Gasteiger charge is -2.42. The van der Waals surface area contributed by atoms with Crippen LogP contribution in [0, 0.1) is 41.4 Å². The smallest absolute Gasteiger partial charge is 0.379 e. The minimum atomic E-state index is -5.16. The molecule has 4 saturated carbocycles. The number of nitrogens with zero attached hydrogens (tertiary/aromatic N) is 9.